The van der Waals surface area contributed by atoms with E-state index >= 15 is 0 Å². The van der Waals surface area contributed by atoms with Crippen LogP contribution >= 0.6 is 27.5 Å². The second kappa shape index (κ2) is 5.72. The molecule has 0 unspecified atom stereocenters. The van der Waals surface area contributed by atoms with Crippen molar-refractivity contribution in [2.45, 2.75) is 18.6 Å². The van der Waals surface area contributed by atoms with Gasteiger partial charge in [0.05, 0.1) is 17.3 Å². The molecule has 1 aromatic carbocycles. The monoisotopic (exact) mass is 379 g/mol. The van der Waals surface area contributed by atoms with Gasteiger partial charge in [-0.2, -0.15) is 13.5 Å². The molecule has 6 nitrogen and oxygen atoms in total. The maximum absolute atomic E-state index is 12.2. The second-order valence-corrected chi connectivity index (χ2v) is 6.88. The van der Waals surface area contributed by atoms with Crippen molar-refractivity contribution in [3.8, 4) is 0 Å². The SMILES string of the molecule is Cc1[nH]nc(S(=O)(=O)Nc2ccc(Cl)c(Br)c2)c1CO. The molecule has 0 aliphatic rings. The molecule has 108 valence electrons. The summed E-state index contributed by atoms with van der Waals surface area (Å²) < 4.78 is 27.4. The minimum atomic E-state index is -3.88. The molecule has 20 heavy (non-hydrogen) atoms. The van der Waals surface area contributed by atoms with Gasteiger partial charge in [-0.1, -0.05) is 11.6 Å². The van der Waals surface area contributed by atoms with E-state index in [-0.39, 0.29) is 10.6 Å². The van der Waals surface area contributed by atoms with Crippen LogP contribution in [0.1, 0.15) is 11.3 Å². The third-order valence-electron chi connectivity index (χ3n) is 2.62. The number of aliphatic hydroxyl groups is 1. The molecule has 2 rings (SSSR count). The lowest BCUT2D eigenvalue weighted by Gasteiger charge is -2.08. The minimum absolute atomic E-state index is 0.219. The number of nitrogens with one attached hydrogen (secondary N) is 2. The van der Waals surface area contributed by atoms with Crippen LogP contribution in [0, 0.1) is 6.92 Å². The number of rotatable bonds is 4. The Kier molecular flexibility index (Phi) is 4.38. The fourth-order valence-electron chi connectivity index (χ4n) is 1.60. The molecule has 0 radical (unpaired) electrons. The Bertz CT molecular complexity index is 745. The van der Waals surface area contributed by atoms with Gasteiger partial charge in [-0.05, 0) is 41.1 Å². The molecule has 1 heterocycles. The first-order chi connectivity index (χ1) is 9.35. The van der Waals surface area contributed by atoms with Gasteiger partial charge in [0.1, 0.15) is 0 Å². The average Bonchev–Trinajstić information content (AvgIpc) is 2.75. The molecule has 0 saturated heterocycles. The van der Waals surface area contributed by atoms with Crippen LogP contribution in [0.25, 0.3) is 0 Å². The number of aromatic nitrogens is 2. The lowest BCUT2D eigenvalue weighted by Crippen LogP contribution is -2.15. The Labute approximate surface area is 129 Å². The highest BCUT2D eigenvalue weighted by Gasteiger charge is 2.23. The van der Waals surface area contributed by atoms with E-state index in [2.05, 4.69) is 30.8 Å². The van der Waals surface area contributed by atoms with Crippen molar-refractivity contribution in [3.63, 3.8) is 0 Å². The van der Waals surface area contributed by atoms with Gasteiger partial charge < -0.3 is 5.11 Å². The van der Waals surface area contributed by atoms with Gasteiger partial charge in [-0.3, -0.25) is 9.82 Å². The Balaban J connectivity index is 2.38. The topological polar surface area (TPSA) is 95.1 Å². The summed E-state index contributed by atoms with van der Waals surface area (Å²) >= 11 is 9.06. The average molecular weight is 381 g/mol. The van der Waals surface area contributed by atoms with Gasteiger partial charge in [0.25, 0.3) is 10.0 Å². The van der Waals surface area contributed by atoms with Crippen molar-refractivity contribution >= 4 is 43.2 Å². The van der Waals surface area contributed by atoms with Crippen molar-refractivity contribution in [2.75, 3.05) is 4.72 Å². The number of aliphatic hydroxyl groups excluding tert-OH is 1. The van der Waals surface area contributed by atoms with Crippen LogP contribution in [-0.4, -0.2) is 23.7 Å². The molecule has 1 aromatic heterocycles. The van der Waals surface area contributed by atoms with Gasteiger partial charge in [0, 0.05) is 15.7 Å². The zero-order valence-corrected chi connectivity index (χ0v) is 13.5. The molecule has 3 N–H and O–H groups in total. The first-order valence-corrected chi connectivity index (χ1v) is 8.13. The molecule has 0 amide bonds. The molecular weight excluding hydrogens is 370 g/mol. The summed E-state index contributed by atoms with van der Waals surface area (Å²) in [5.41, 5.74) is 1.08. The summed E-state index contributed by atoms with van der Waals surface area (Å²) in [6, 6.07) is 4.63. The van der Waals surface area contributed by atoms with Crippen LogP contribution in [0.5, 0.6) is 0 Å². The first-order valence-electron chi connectivity index (χ1n) is 5.47. The summed E-state index contributed by atoms with van der Waals surface area (Å²) in [6.07, 6.45) is 0. The van der Waals surface area contributed by atoms with Crippen LogP contribution < -0.4 is 4.72 Å². The highest BCUT2D eigenvalue weighted by Crippen LogP contribution is 2.27. The first kappa shape index (κ1) is 15.3. The van der Waals surface area contributed by atoms with Crippen molar-refractivity contribution in [1.82, 2.24) is 10.2 Å². The van der Waals surface area contributed by atoms with Crippen LogP contribution in [0.15, 0.2) is 27.7 Å². The van der Waals surface area contributed by atoms with Crippen LogP contribution in [0.3, 0.4) is 0 Å². The summed E-state index contributed by atoms with van der Waals surface area (Å²) in [6.45, 7) is 1.22. The quantitative estimate of drug-likeness (QED) is 0.759. The molecule has 0 bridgehead atoms. The van der Waals surface area contributed by atoms with E-state index in [1.54, 1.807) is 13.0 Å². The fourth-order valence-corrected chi connectivity index (χ4v) is 3.34. The molecule has 2 aromatic rings. The Morgan fingerprint density at radius 2 is 2.20 bits per heavy atom. The van der Waals surface area contributed by atoms with Crippen LogP contribution in [-0.2, 0) is 16.6 Å². The van der Waals surface area contributed by atoms with Crippen molar-refractivity contribution < 1.29 is 13.5 Å². The van der Waals surface area contributed by atoms with E-state index in [1.165, 1.54) is 12.1 Å². The summed E-state index contributed by atoms with van der Waals surface area (Å²) in [5, 5.41) is 15.7. The van der Waals surface area contributed by atoms with Crippen molar-refractivity contribution in [1.29, 1.82) is 0 Å². The smallest absolute Gasteiger partial charge is 0.281 e. The van der Waals surface area contributed by atoms with Crippen molar-refractivity contribution in [2.24, 2.45) is 0 Å². The molecule has 0 spiro atoms. The Hall–Kier alpha value is -1.09. The lowest BCUT2D eigenvalue weighted by atomic mass is 10.3. The summed E-state index contributed by atoms with van der Waals surface area (Å²) in [5.74, 6) is 0. The normalized spacial score (nSPS) is 11.6. The van der Waals surface area contributed by atoms with Gasteiger partial charge in [0.15, 0.2) is 0 Å². The maximum atomic E-state index is 12.2. The largest absolute Gasteiger partial charge is 0.392 e. The van der Waals surface area contributed by atoms with Crippen LogP contribution in [0.4, 0.5) is 5.69 Å². The van der Waals surface area contributed by atoms with Gasteiger partial charge in [-0.15, -0.1) is 0 Å². The number of aromatic amines is 1. The van der Waals surface area contributed by atoms with E-state index < -0.39 is 16.6 Å². The Morgan fingerprint density at radius 3 is 2.80 bits per heavy atom. The van der Waals surface area contributed by atoms with E-state index in [0.717, 1.165) is 0 Å². The van der Waals surface area contributed by atoms with Gasteiger partial charge in [-0.25, -0.2) is 0 Å². The lowest BCUT2D eigenvalue weighted by molar-refractivity contribution is 0.277. The van der Waals surface area contributed by atoms with E-state index in [9.17, 15) is 13.5 Å². The Morgan fingerprint density at radius 1 is 1.50 bits per heavy atom. The second-order valence-electron chi connectivity index (χ2n) is 4.02. The predicted molar refractivity (Wildman–Crippen MR) is 79.2 cm³/mol. The standard InChI is InChI=1S/C11H11BrClN3O3S/c1-6-8(5-17)11(15-14-6)20(18,19)16-7-2-3-10(13)9(12)4-7/h2-4,16-17H,5H2,1H3,(H,14,15). The highest BCUT2D eigenvalue weighted by atomic mass is 79.9. The summed E-state index contributed by atoms with van der Waals surface area (Å²) in [4.78, 5) is 0. The number of hydrogen-bond donors (Lipinski definition) is 3. The number of aryl methyl sites for hydroxylation is 1. The van der Waals surface area contributed by atoms with Gasteiger partial charge in [0.2, 0.25) is 5.03 Å². The number of benzene rings is 1. The molecule has 0 aliphatic heterocycles. The number of hydrogen-bond acceptors (Lipinski definition) is 4. The van der Waals surface area contributed by atoms with Crippen LogP contribution in [0.2, 0.25) is 5.02 Å². The number of sulfonamides is 1. The number of anilines is 1. The van der Waals surface area contributed by atoms with Gasteiger partial charge >= 0.3 is 0 Å². The third-order valence-corrected chi connectivity index (χ3v) is 5.19. The minimum Gasteiger partial charge on any atom is -0.392 e. The van der Waals surface area contributed by atoms with E-state index in [0.29, 0.717) is 20.9 Å². The molecule has 0 atom stereocenters. The number of H-pyrrole nitrogens is 1. The maximum Gasteiger partial charge on any atom is 0.281 e. The zero-order valence-electron chi connectivity index (χ0n) is 10.3. The highest BCUT2D eigenvalue weighted by molar-refractivity contribution is 9.10. The molecular formula is C11H11BrClN3O3S. The molecule has 9 heteroatoms. The summed E-state index contributed by atoms with van der Waals surface area (Å²) in [7, 11) is -3.88. The number of halogens is 2. The predicted octanol–water partition coefficient (Wildman–Crippen LogP) is 2.43. The van der Waals surface area contributed by atoms with Crippen molar-refractivity contribution in [3.05, 3.63) is 39.0 Å². The third kappa shape index (κ3) is 2.98. The molecule has 0 fully saturated rings. The van der Waals surface area contributed by atoms with E-state index in [4.69, 9.17) is 11.6 Å². The van der Waals surface area contributed by atoms with E-state index in [1.807, 2.05) is 0 Å². The molecule has 0 saturated carbocycles. The number of nitrogens with zero attached hydrogens (tertiary/aromatic N) is 1. The fraction of sp³-hybridized carbons (Fsp3) is 0.182. The molecule has 0 aliphatic carbocycles. The zero-order chi connectivity index (χ0) is 14.9.